The third kappa shape index (κ3) is 4.97. The van der Waals surface area contributed by atoms with Gasteiger partial charge in [0.05, 0.1) is 0 Å². The second-order valence-corrected chi connectivity index (χ2v) is 3.86. The van der Waals surface area contributed by atoms with E-state index in [2.05, 4.69) is 10.6 Å². The van der Waals surface area contributed by atoms with Gasteiger partial charge < -0.3 is 15.4 Å². The Bertz CT molecular complexity index is 362. The average molecular weight is 250 g/mol. The molecule has 1 aromatic rings. The molecule has 0 aliphatic heterocycles. The maximum Gasteiger partial charge on any atom is 0.250 e. The van der Waals surface area contributed by atoms with Crippen molar-refractivity contribution in [3.8, 4) is 0 Å². The number of methoxy groups -OCH3 is 1. The van der Waals surface area contributed by atoms with E-state index < -0.39 is 0 Å². The lowest BCUT2D eigenvalue weighted by atomic mass is 10.2. The zero-order valence-electron chi connectivity index (χ0n) is 10.7. The van der Waals surface area contributed by atoms with Gasteiger partial charge in [0.25, 0.3) is 0 Å². The first-order valence-corrected chi connectivity index (χ1v) is 5.84. The van der Waals surface area contributed by atoms with Gasteiger partial charge in [0.15, 0.2) is 0 Å². The lowest BCUT2D eigenvalue weighted by Gasteiger charge is -2.07. The first-order valence-electron chi connectivity index (χ1n) is 5.84. The van der Waals surface area contributed by atoms with E-state index in [9.17, 15) is 9.59 Å². The summed E-state index contributed by atoms with van der Waals surface area (Å²) in [5, 5.41) is 5.44. The Labute approximate surface area is 107 Å². The zero-order chi connectivity index (χ0) is 13.4. The van der Waals surface area contributed by atoms with Crippen LogP contribution in [0.1, 0.15) is 19.8 Å². The number of rotatable bonds is 6. The fourth-order valence-electron chi connectivity index (χ4n) is 1.42. The smallest absolute Gasteiger partial charge is 0.250 e. The minimum Gasteiger partial charge on any atom is -0.375 e. The third-order valence-electron chi connectivity index (χ3n) is 2.20. The summed E-state index contributed by atoms with van der Waals surface area (Å²) in [5.74, 6) is -0.214. The van der Waals surface area contributed by atoms with Crippen LogP contribution >= 0.6 is 0 Å². The Morgan fingerprint density at radius 1 is 1.06 bits per heavy atom. The quantitative estimate of drug-likeness (QED) is 0.811. The molecular weight excluding hydrogens is 232 g/mol. The van der Waals surface area contributed by atoms with E-state index in [4.69, 9.17) is 4.74 Å². The number of carbonyl (C=O) groups is 2. The first-order chi connectivity index (χ1) is 8.65. The van der Waals surface area contributed by atoms with Crippen molar-refractivity contribution >= 4 is 23.2 Å². The van der Waals surface area contributed by atoms with Crippen LogP contribution in [0.15, 0.2) is 24.3 Å². The molecule has 2 amide bonds. The van der Waals surface area contributed by atoms with Crippen molar-refractivity contribution in [2.75, 3.05) is 24.4 Å². The highest BCUT2D eigenvalue weighted by Crippen LogP contribution is 2.13. The molecule has 18 heavy (non-hydrogen) atoms. The predicted octanol–water partition coefficient (Wildman–Crippen LogP) is 2.01. The lowest BCUT2D eigenvalue weighted by molar-refractivity contribution is -0.119. The topological polar surface area (TPSA) is 67.4 Å². The number of anilines is 2. The minimum atomic E-state index is -0.208. The summed E-state index contributed by atoms with van der Waals surface area (Å²) in [6.45, 7) is 1.98. The van der Waals surface area contributed by atoms with Crippen LogP contribution in [0.5, 0.6) is 0 Å². The normalized spacial score (nSPS) is 9.89. The van der Waals surface area contributed by atoms with E-state index in [0.717, 1.165) is 12.1 Å². The molecule has 0 saturated heterocycles. The number of benzene rings is 1. The number of hydrogen-bond acceptors (Lipinski definition) is 3. The van der Waals surface area contributed by atoms with Crippen LogP contribution < -0.4 is 10.6 Å². The van der Waals surface area contributed by atoms with Gasteiger partial charge in [-0.1, -0.05) is 6.92 Å². The number of nitrogens with one attached hydrogen (secondary N) is 2. The molecule has 1 rings (SSSR count). The maximum absolute atomic E-state index is 11.4. The van der Waals surface area contributed by atoms with Gasteiger partial charge in [0.1, 0.15) is 6.61 Å². The molecule has 0 bridgehead atoms. The molecule has 0 atom stereocenters. The van der Waals surface area contributed by atoms with Crippen LogP contribution in [0.2, 0.25) is 0 Å². The van der Waals surface area contributed by atoms with Crippen molar-refractivity contribution in [2.45, 2.75) is 19.8 Å². The predicted molar refractivity (Wildman–Crippen MR) is 70.5 cm³/mol. The molecule has 0 radical (unpaired) electrons. The fourth-order valence-corrected chi connectivity index (χ4v) is 1.42. The lowest BCUT2D eigenvalue weighted by Crippen LogP contribution is -2.17. The molecule has 0 spiro atoms. The molecule has 0 aromatic heterocycles. The summed E-state index contributed by atoms with van der Waals surface area (Å²) < 4.78 is 4.71. The van der Waals surface area contributed by atoms with Crippen LogP contribution in [-0.2, 0) is 14.3 Å². The van der Waals surface area contributed by atoms with Gasteiger partial charge in [0.2, 0.25) is 11.8 Å². The van der Waals surface area contributed by atoms with Crippen LogP contribution in [0.4, 0.5) is 11.4 Å². The molecule has 0 saturated carbocycles. The van der Waals surface area contributed by atoms with Gasteiger partial charge in [-0.2, -0.15) is 0 Å². The second-order valence-electron chi connectivity index (χ2n) is 3.86. The molecule has 5 nitrogen and oxygen atoms in total. The highest BCUT2D eigenvalue weighted by Gasteiger charge is 2.03. The highest BCUT2D eigenvalue weighted by molar-refractivity contribution is 5.93. The molecule has 1 aromatic carbocycles. The average Bonchev–Trinajstić information content (AvgIpc) is 2.32. The molecule has 0 unspecified atom stereocenters. The van der Waals surface area contributed by atoms with Gasteiger partial charge in [-0.25, -0.2) is 0 Å². The van der Waals surface area contributed by atoms with Crippen molar-refractivity contribution in [2.24, 2.45) is 0 Å². The fraction of sp³-hybridized carbons (Fsp3) is 0.385. The zero-order valence-corrected chi connectivity index (χ0v) is 10.7. The Morgan fingerprint density at radius 2 is 1.56 bits per heavy atom. The van der Waals surface area contributed by atoms with Crippen molar-refractivity contribution in [1.29, 1.82) is 0 Å². The summed E-state index contributed by atoms with van der Waals surface area (Å²) in [6, 6.07) is 6.95. The van der Waals surface area contributed by atoms with Gasteiger partial charge in [-0.15, -0.1) is 0 Å². The van der Waals surface area contributed by atoms with E-state index in [0.29, 0.717) is 12.1 Å². The number of carbonyl (C=O) groups excluding carboxylic acids is 2. The molecular formula is C13H18N2O3. The maximum atomic E-state index is 11.4. The van der Waals surface area contributed by atoms with Crippen LogP contribution in [-0.4, -0.2) is 25.5 Å². The molecule has 0 heterocycles. The molecule has 0 aliphatic rings. The summed E-state index contributed by atoms with van der Waals surface area (Å²) in [4.78, 5) is 22.6. The van der Waals surface area contributed by atoms with E-state index >= 15 is 0 Å². The minimum absolute atomic E-state index is 0.00586. The van der Waals surface area contributed by atoms with Crippen LogP contribution in [0, 0.1) is 0 Å². The van der Waals surface area contributed by atoms with Crippen molar-refractivity contribution in [1.82, 2.24) is 0 Å². The van der Waals surface area contributed by atoms with Crippen LogP contribution in [0.25, 0.3) is 0 Å². The Hall–Kier alpha value is -1.88. The summed E-state index contributed by atoms with van der Waals surface area (Å²) in [6.07, 6.45) is 1.32. The number of ether oxygens (including phenoxy) is 1. The standard InChI is InChI=1S/C13H18N2O3/c1-3-4-12(16)14-10-5-7-11(8-6-10)15-13(17)9-18-2/h5-8H,3-4,9H2,1-2H3,(H,14,16)(H,15,17). The first kappa shape index (κ1) is 14.2. The van der Waals surface area contributed by atoms with E-state index in [1.54, 1.807) is 24.3 Å². The van der Waals surface area contributed by atoms with Crippen LogP contribution in [0.3, 0.4) is 0 Å². The molecule has 0 fully saturated rings. The Morgan fingerprint density at radius 3 is 2.00 bits per heavy atom. The summed E-state index contributed by atoms with van der Waals surface area (Å²) >= 11 is 0. The molecule has 2 N–H and O–H groups in total. The van der Waals surface area contributed by atoms with E-state index in [1.807, 2.05) is 6.92 Å². The van der Waals surface area contributed by atoms with E-state index in [-0.39, 0.29) is 18.4 Å². The summed E-state index contributed by atoms with van der Waals surface area (Å²) in [7, 11) is 1.46. The van der Waals surface area contributed by atoms with Gasteiger partial charge >= 0.3 is 0 Å². The molecule has 98 valence electrons. The SMILES string of the molecule is CCCC(=O)Nc1ccc(NC(=O)COC)cc1. The monoisotopic (exact) mass is 250 g/mol. The summed E-state index contributed by atoms with van der Waals surface area (Å²) in [5.41, 5.74) is 1.39. The Kier molecular flexibility index (Phi) is 5.87. The van der Waals surface area contributed by atoms with Crippen molar-refractivity contribution < 1.29 is 14.3 Å². The Balaban J connectivity index is 2.52. The highest BCUT2D eigenvalue weighted by atomic mass is 16.5. The number of hydrogen-bond donors (Lipinski definition) is 2. The van der Waals surface area contributed by atoms with E-state index in [1.165, 1.54) is 7.11 Å². The van der Waals surface area contributed by atoms with Crippen molar-refractivity contribution in [3.63, 3.8) is 0 Å². The van der Waals surface area contributed by atoms with Gasteiger partial charge in [-0.3, -0.25) is 9.59 Å². The van der Waals surface area contributed by atoms with Gasteiger partial charge in [0, 0.05) is 24.9 Å². The van der Waals surface area contributed by atoms with Crippen molar-refractivity contribution in [3.05, 3.63) is 24.3 Å². The second kappa shape index (κ2) is 7.45. The molecule has 5 heteroatoms. The molecule has 0 aliphatic carbocycles. The van der Waals surface area contributed by atoms with Gasteiger partial charge in [-0.05, 0) is 30.7 Å². The number of amides is 2. The largest absolute Gasteiger partial charge is 0.375 e. The third-order valence-corrected chi connectivity index (χ3v) is 2.20.